The minimum atomic E-state index is -0.546. The highest BCUT2D eigenvalue weighted by atomic mass is 79.9. The number of aromatic nitrogens is 2. The second-order valence-electron chi connectivity index (χ2n) is 3.75. The molecule has 0 unspecified atom stereocenters. The first-order valence-electron chi connectivity index (χ1n) is 5.23. The van der Waals surface area contributed by atoms with Crippen LogP contribution in [0, 0.1) is 6.92 Å². The van der Waals surface area contributed by atoms with Crippen LogP contribution in [0.5, 0.6) is 0 Å². The van der Waals surface area contributed by atoms with Gasteiger partial charge in [-0.3, -0.25) is 4.57 Å². The molecule has 0 aliphatic carbocycles. The van der Waals surface area contributed by atoms with Gasteiger partial charge in [0, 0.05) is 4.47 Å². The third-order valence-corrected chi connectivity index (χ3v) is 3.65. The van der Waals surface area contributed by atoms with Gasteiger partial charge in [-0.1, -0.05) is 12.1 Å². The van der Waals surface area contributed by atoms with Gasteiger partial charge >= 0.3 is 5.97 Å². The SMILES string of the molecule is COC(=O)c1ncn(-c2cccc(C)c2Br)c1N. The third kappa shape index (κ3) is 1.99. The maximum absolute atomic E-state index is 11.4. The second kappa shape index (κ2) is 4.81. The smallest absolute Gasteiger partial charge is 0.360 e. The van der Waals surface area contributed by atoms with E-state index >= 15 is 0 Å². The largest absolute Gasteiger partial charge is 0.464 e. The van der Waals surface area contributed by atoms with Crippen LogP contribution in [-0.4, -0.2) is 22.6 Å². The quantitative estimate of drug-likeness (QED) is 0.864. The molecule has 18 heavy (non-hydrogen) atoms. The lowest BCUT2D eigenvalue weighted by atomic mass is 10.2. The number of nitrogen functional groups attached to an aromatic ring is 1. The minimum Gasteiger partial charge on any atom is -0.464 e. The van der Waals surface area contributed by atoms with Crippen molar-refractivity contribution in [3.05, 3.63) is 40.3 Å². The lowest BCUT2D eigenvalue weighted by Crippen LogP contribution is -2.07. The molecular weight excluding hydrogens is 298 g/mol. The first-order valence-corrected chi connectivity index (χ1v) is 6.02. The van der Waals surface area contributed by atoms with Crippen molar-refractivity contribution < 1.29 is 9.53 Å². The molecule has 2 aromatic rings. The fourth-order valence-electron chi connectivity index (χ4n) is 1.62. The summed E-state index contributed by atoms with van der Waals surface area (Å²) in [7, 11) is 1.30. The number of ether oxygens (including phenoxy) is 1. The van der Waals surface area contributed by atoms with Crippen LogP contribution in [0.3, 0.4) is 0 Å². The summed E-state index contributed by atoms with van der Waals surface area (Å²) in [5, 5.41) is 0. The molecule has 0 aliphatic rings. The molecule has 0 radical (unpaired) electrons. The van der Waals surface area contributed by atoms with Crippen LogP contribution in [0.15, 0.2) is 29.0 Å². The predicted octanol–water partition coefficient (Wildman–Crippen LogP) is 2.31. The van der Waals surface area contributed by atoms with Gasteiger partial charge in [-0.25, -0.2) is 9.78 Å². The van der Waals surface area contributed by atoms with Gasteiger partial charge in [-0.05, 0) is 34.5 Å². The zero-order valence-corrected chi connectivity index (χ0v) is 11.6. The average Bonchev–Trinajstić information content (AvgIpc) is 2.74. The molecule has 0 bridgehead atoms. The Kier molecular flexibility index (Phi) is 3.38. The monoisotopic (exact) mass is 309 g/mol. The molecule has 1 aromatic carbocycles. The standard InChI is InChI=1S/C12H12BrN3O2/c1-7-4-3-5-8(9(7)13)16-6-15-10(11(16)14)12(17)18-2/h3-6H,14H2,1-2H3. The van der Waals surface area contributed by atoms with E-state index in [0.717, 1.165) is 15.7 Å². The van der Waals surface area contributed by atoms with Gasteiger partial charge in [0.25, 0.3) is 0 Å². The molecule has 0 amide bonds. The van der Waals surface area contributed by atoms with Crippen LogP contribution < -0.4 is 5.73 Å². The number of imidazole rings is 1. The van der Waals surface area contributed by atoms with Gasteiger partial charge in [0.05, 0.1) is 12.8 Å². The third-order valence-electron chi connectivity index (χ3n) is 2.61. The Balaban J connectivity index is 2.56. The summed E-state index contributed by atoms with van der Waals surface area (Å²) in [5.74, 6) is -0.289. The van der Waals surface area contributed by atoms with E-state index in [1.54, 1.807) is 4.57 Å². The molecule has 2 N–H and O–H groups in total. The summed E-state index contributed by atoms with van der Waals surface area (Å²) in [4.78, 5) is 15.4. The molecule has 0 saturated carbocycles. The Morgan fingerprint density at radius 2 is 2.22 bits per heavy atom. The van der Waals surface area contributed by atoms with Crippen molar-refractivity contribution in [1.82, 2.24) is 9.55 Å². The van der Waals surface area contributed by atoms with Gasteiger partial charge in [0.1, 0.15) is 12.1 Å². The van der Waals surface area contributed by atoms with Crippen LogP contribution in [0.4, 0.5) is 5.82 Å². The average molecular weight is 310 g/mol. The van der Waals surface area contributed by atoms with E-state index in [-0.39, 0.29) is 11.5 Å². The number of rotatable bonds is 2. The first kappa shape index (κ1) is 12.6. The maximum atomic E-state index is 11.4. The summed E-state index contributed by atoms with van der Waals surface area (Å²) in [6, 6.07) is 5.77. The summed E-state index contributed by atoms with van der Waals surface area (Å²) in [6.45, 7) is 1.97. The van der Waals surface area contributed by atoms with E-state index in [1.807, 2.05) is 25.1 Å². The summed E-state index contributed by atoms with van der Waals surface area (Å²) in [6.07, 6.45) is 1.50. The van der Waals surface area contributed by atoms with E-state index < -0.39 is 5.97 Å². The molecule has 0 fully saturated rings. The fourth-order valence-corrected chi connectivity index (χ4v) is 2.08. The summed E-state index contributed by atoms with van der Waals surface area (Å²) in [5.41, 5.74) is 7.92. The van der Waals surface area contributed by atoms with E-state index in [4.69, 9.17) is 5.73 Å². The Morgan fingerprint density at radius 3 is 2.89 bits per heavy atom. The molecule has 0 aliphatic heterocycles. The summed E-state index contributed by atoms with van der Waals surface area (Å²) >= 11 is 3.49. The van der Waals surface area contributed by atoms with E-state index in [0.29, 0.717) is 0 Å². The Labute approximate surface area is 113 Å². The zero-order valence-electron chi connectivity index (χ0n) is 9.98. The van der Waals surface area contributed by atoms with Gasteiger partial charge in [-0.15, -0.1) is 0 Å². The molecule has 0 atom stereocenters. The van der Waals surface area contributed by atoms with Crippen LogP contribution >= 0.6 is 15.9 Å². The van der Waals surface area contributed by atoms with Crippen molar-refractivity contribution in [3.8, 4) is 5.69 Å². The Bertz CT molecular complexity index is 607. The molecule has 6 heteroatoms. The van der Waals surface area contributed by atoms with Gasteiger partial charge in [0.15, 0.2) is 5.69 Å². The lowest BCUT2D eigenvalue weighted by Gasteiger charge is -2.09. The number of halogens is 1. The molecule has 0 saturated heterocycles. The van der Waals surface area contributed by atoms with Crippen molar-refractivity contribution in [2.24, 2.45) is 0 Å². The lowest BCUT2D eigenvalue weighted by molar-refractivity contribution is 0.0596. The number of anilines is 1. The van der Waals surface area contributed by atoms with Crippen LogP contribution in [0.1, 0.15) is 16.1 Å². The Morgan fingerprint density at radius 1 is 1.50 bits per heavy atom. The van der Waals surface area contributed by atoms with Crippen molar-refractivity contribution in [2.45, 2.75) is 6.92 Å². The number of aryl methyl sites for hydroxylation is 1. The van der Waals surface area contributed by atoms with Gasteiger partial charge in [-0.2, -0.15) is 0 Å². The minimum absolute atomic E-state index is 0.117. The molecule has 1 heterocycles. The van der Waals surface area contributed by atoms with Crippen molar-refractivity contribution >= 4 is 27.7 Å². The molecule has 0 spiro atoms. The van der Waals surface area contributed by atoms with Crippen molar-refractivity contribution in [3.63, 3.8) is 0 Å². The molecule has 94 valence electrons. The number of carbonyl (C=O) groups is 1. The van der Waals surface area contributed by atoms with E-state index in [2.05, 4.69) is 25.7 Å². The number of benzene rings is 1. The predicted molar refractivity (Wildman–Crippen MR) is 71.8 cm³/mol. The van der Waals surface area contributed by atoms with Crippen LogP contribution in [-0.2, 0) is 4.74 Å². The van der Waals surface area contributed by atoms with Crippen molar-refractivity contribution in [2.75, 3.05) is 12.8 Å². The van der Waals surface area contributed by atoms with Gasteiger partial charge in [0.2, 0.25) is 0 Å². The van der Waals surface area contributed by atoms with E-state index in [9.17, 15) is 4.79 Å². The number of carbonyl (C=O) groups excluding carboxylic acids is 1. The molecular formula is C12H12BrN3O2. The topological polar surface area (TPSA) is 70.1 Å². The van der Waals surface area contributed by atoms with Crippen LogP contribution in [0.2, 0.25) is 0 Å². The second-order valence-corrected chi connectivity index (χ2v) is 4.54. The highest BCUT2D eigenvalue weighted by molar-refractivity contribution is 9.10. The molecule has 2 rings (SSSR count). The number of nitrogens with two attached hydrogens (primary N) is 1. The number of methoxy groups -OCH3 is 1. The zero-order chi connectivity index (χ0) is 13.3. The fraction of sp³-hybridized carbons (Fsp3) is 0.167. The highest BCUT2D eigenvalue weighted by Gasteiger charge is 2.18. The van der Waals surface area contributed by atoms with Gasteiger partial charge < -0.3 is 10.5 Å². The maximum Gasteiger partial charge on any atom is 0.360 e. The van der Waals surface area contributed by atoms with Crippen molar-refractivity contribution in [1.29, 1.82) is 0 Å². The Hall–Kier alpha value is -1.82. The number of esters is 1. The summed E-state index contributed by atoms with van der Waals surface area (Å²) < 4.78 is 7.16. The van der Waals surface area contributed by atoms with Crippen LogP contribution in [0.25, 0.3) is 5.69 Å². The number of nitrogens with zero attached hydrogens (tertiary/aromatic N) is 2. The molecule has 5 nitrogen and oxygen atoms in total. The number of hydrogen-bond acceptors (Lipinski definition) is 4. The first-order chi connectivity index (χ1) is 8.56. The molecule has 1 aromatic heterocycles. The number of hydrogen-bond donors (Lipinski definition) is 1. The normalized spacial score (nSPS) is 10.4. The van der Waals surface area contributed by atoms with E-state index in [1.165, 1.54) is 13.4 Å². The highest BCUT2D eigenvalue weighted by Crippen LogP contribution is 2.27.